The Bertz CT molecular complexity index is 829. The summed E-state index contributed by atoms with van der Waals surface area (Å²) in [6.07, 6.45) is 1.95. The predicted molar refractivity (Wildman–Crippen MR) is 99.4 cm³/mol. The van der Waals surface area contributed by atoms with Crippen LogP contribution in [-0.2, 0) is 9.53 Å². The molecule has 0 bridgehead atoms. The zero-order chi connectivity index (χ0) is 19.4. The lowest BCUT2D eigenvalue weighted by Crippen LogP contribution is -2.40. The number of ketones is 1. The van der Waals surface area contributed by atoms with Crippen molar-refractivity contribution in [2.75, 3.05) is 19.7 Å². The Morgan fingerprint density at radius 2 is 1.74 bits per heavy atom. The van der Waals surface area contributed by atoms with Gasteiger partial charge in [-0.2, -0.15) is 0 Å². The van der Waals surface area contributed by atoms with Gasteiger partial charge >= 0.3 is 5.97 Å². The fourth-order valence-electron chi connectivity index (χ4n) is 3.02. The molecule has 0 aliphatic carbocycles. The van der Waals surface area contributed by atoms with E-state index >= 15 is 0 Å². The SMILES string of the molecule is CC(=O)c1ccc(-c2ccc(C(=O)OCC(=O)N3CCC(C)CC3)o2)cc1. The van der Waals surface area contributed by atoms with Crippen molar-refractivity contribution in [3.05, 3.63) is 47.7 Å². The van der Waals surface area contributed by atoms with Crippen LogP contribution in [0.15, 0.2) is 40.8 Å². The molecule has 6 heteroatoms. The maximum atomic E-state index is 12.1. The van der Waals surface area contributed by atoms with Gasteiger partial charge in [0.15, 0.2) is 12.4 Å². The van der Waals surface area contributed by atoms with Crippen LogP contribution in [0.25, 0.3) is 11.3 Å². The first kappa shape index (κ1) is 18.9. The van der Waals surface area contributed by atoms with E-state index in [2.05, 4.69) is 6.92 Å². The molecule has 1 aromatic carbocycles. The molecule has 1 aliphatic rings. The fraction of sp³-hybridized carbons (Fsp3) is 0.381. The van der Waals surface area contributed by atoms with Crippen LogP contribution in [0, 0.1) is 5.92 Å². The molecule has 1 fully saturated rings. The number of carbonyl (C=O) groups is 3. The van der Waals surface area contributed by atoms with E-state index in [-0.39, 0.29) is 24.1 Å². The van der Waals surface area contributed by atoms with Gasteiger partial charge in [-0.25, -0.2) is 4.79 Å². The maximum Gasteiger partial charge on any atom is 0.374 e. The smallest absolute Gasteiger partial charge is 0.374 e. The summed E-state index contributed by atoms with van der Waals surface area (Å²) in [4.78, 5) is 37.3. The minimum Gasteiger partial charge on any atom is -0.450 e. The highest BCUT2D eigenvalue weighted by Gasteiger charge is 2.22. The Kier molecular flexibility index (Phi) is 5.74. The highest BCUT2D eigenvalue weighted by atomic mass is 16.5. The molecular weight excluding hydrogens is 346 g/mol. The molecule has 1 amide bonds. The van der Waals surface area contributed by atoms with E-state index in [1.165, 1.54) is 13.0 Å². The van der Waals surface area contributed by atoms with Crippen LogP contribution in [0.5, 0.6) is 0 Å². The van der Waals surface area contributed by atoms with Gasteiger partial charge in [-0.15, -0.1) is 0 Å². The van der Waals surface area contributed by atoms with Gasteiger partial charge in [0.25, 0.3) is 5.91 Å². The Labute approximate surface area is 158 Å². The van der Waals surface area contributed by atoms with Crippen LogP contribution in [-0.4, -0.2) is 42.3 Å². The number of esters is 1. The topological polar surface area (TPSA) is 76.8 Å². The molecule has 6 nitrogen and oxygen atoms in total. The van der Waals surface area contributed by atoms with Gasteiger partial charge in [0.2, 0.25) is 5.76 Å². The van der Waals surface area contributed by atoms with Crippen LogP contribution < -0.4 is 0 Å². The summed E-state index contributed by atoms with van der Waals surface area (Å²) in [5, 5.41) is 0. The number of benzene rings is 1. The lowest BCUT2D eigenvalue weighted by molar-refractivity contribution is -0.135. The number of nitrogens with zero attached hydrogens (tertiary/aromatic N) is 1. The van der Waals surface area contributed by atoms with Gasteiger partial charge < -0.3 is 14.1 Å². The summed E-state index contributed by atoms with van der Waals surface area (Å²) in [5.74, 6) is 0.303. The van der Waals surface area contributed by atoms with E-state index in [9.17, 15) is 14.4 Å². The third kappa shape index (κ3) is 4.64. The second-order valence-electron chi connectivity index (χ2n) is 6.94. The molecule has 0 spiro atoms. The Balaban J connectivity index is 1.56. The third-order valence-electron chi connectivity index (χ3n) is 4.85. The average molecular weight is 369 g/mol. The minimum absolute atomic E-state index is 0.0157. The standard InChI is InChI=1S/C21H23NO5/c1-14-9-11-22(12-10-14)20(24)13-26-21(25)19-8-7-18(27-19)17-5-3-16(4-6-17)15(2)23/h3-8,14H,9-13H2,1-2H3. The second-order valence-corrected chi connectivity index (χ2v) is 6.94. The Morgan fingerprint density at radius 1 is 1.07 bits per heavy atom. The molecule has 0 unspecified atom stereocenters. The van der Waals surface area contributed by atoms with Gasteiger partial charge in [0.1, 0.15) is 5.76 Å². The molecule has 0 N–H and O–H groups in total. The summed E-state index contributed by atoms with van der Waals surface area (Å²) in [6.45, 7) is 4.81. The molecule has 142 valence electrons. The normalized spacial score (nSPS) is 14.8. The molecule has 1 saturated heterocycles. The Morgan fingerprint density at radius 3 is 2.37 bits per heavy atom. The van der Waals surface area contributed by atoms with Crippen LogP contribution >= 0.6 is 0 Å². The monoisotopic (exact) mass is 369 g/mol. The molecule has 2 heterocycles. The number of rotatable bonds is 5. The van der Waals surface area contributed by atoms with Crippen molar-refractivity contribution in [3.8, 4) is 11.3 Å². The van der Waals surface area contributed by atoms with E-state index in [0.717, 1.165) is 18.4 Å². The van der Waals surface area contributed by atoms with Gasteiger partial charge in [0, 0.05) is 24.2 Å². The number of Topliss-reactive ketones (excluding diaryl/α,β-unsaturated/α-hetero) is 1. The molecule has 27 heavy (non-hydrogen) atoms. The summed E-state index contributed by atoms with van der Waals surface area (Å²) >= 11 is 0. The van der Waals surface area contributed by atoms with Gasteiger partial charge in [-0.05, 0) is 37.8 Å². The number of hydrogen-bond acceptors (Lipinski definition) is 5. The van der Waals surface area contributed by atoms with E-state index in [1.807, 2.05) is 0 Å². The maximum absolute atomic E-state index is 12.1. The highest BCUT2D eigenvalue weighted by Crippen LogP contribution is 2.23. The van der Waals surface area contributed by atoms with E-state index in [4.69, 9.17) is 9.15 Å². The van der Waals surface area contributed by atoms with Crippen LogP contribution in [0.2, 0.25) is 0 Å². The van der Waals surface area contributed by atoms with Crippen molar-refractivity contribution in [2.45, 2.75) is 26.7 Å². The zero-order valence-electron chi connectivity index (χ0n) is 15.6. The zero-order valence-corrected chi connectivity index (χ0v) is 15.6. The second kappa shape index (κ2) is 8.20. The van der Waals surface area contributed by atoms with Crippen molar-refractivity contribution in [1.82, 2.24) is 4.90 Å². The molecule has 1 aromatic heterocycles. The minimum atomic E-state index is -0.666. The average Bonchev–Trinajstić information content (AvgIpc) is 3.17. The largest absolute Gasteiger partial charge is 0.450 e. The van der Waals surface area contributed by atoms with Crippen LogP contribution in [0.1, 0.15) is 47.6 Å². The summed E-state index contributed by atoms with van der Waals surface area (Å²) in [5.41, 5.74) is 1.35. The van der Waals surface area contributed by atoms with Crippen molar-refractivity contribution in [2.24, 2.45) is 5.92 Å². The van der Waals surface area contributed by atoms with E-state index in [1.54, 1.807) is 35.2 Å². The number of likely N-dealkylation sites (tertiary alicyclic amines) is 1. The number of furan rings is 1. The van der Waals surface area contributed by atoms with E-state index < -0.39 is 5.97 Å². The number of ether oxygens (including phenoxy) is 1. The van der Waals surface area contributed by atoms with E-state index in [0.29, 0.717) is 30.3 Å². The van der Waals surface area contributed by atoms with Gasteiger partial charge in [-0.1, -0.05) is 31.2 Å². The molecule has 0 atom stereocenters. The molecule has 2 aromatic rings. The molecular formula is C21H23NO5. The van der Waals surface area contributed by atoms with Crippen molar-refractivity contribution in [3.63, 3.8) is 0 Å². The molecule has 0 radical (unpaired) electrons. The molecule has 1 aliphatic heterocycles. The predicted octanol–water partition coefficient (Wildman–Crippen LogP) is 3.56. The van der Waals surface area contributed by atoms with Crippen molar-refractivity contribution < 1.29 is 23.5 Å². The third-order valence-corrected chi connectivity index (χ3v) is 4.85. The molecule has 0 saturated carbocycles. The summed E-state index contributed by atoms with van der Waals surface area (Å²) < 4.78 is 10.6. The number of amides is 1. The lowest BCUT2D eigenvalue weighted by Gasteiger charge is -2.30. The lowest BCUT2D eigenvalue weighted by atomic mass is 9.99. The van der Waals surface area contributed by atoms with Crippen LogP contribution in [0.3, 0.4) is 0 Å². The van der Waals surface area contributed by atoms with Crippen molar-refractivity contribution in [1.29, 1.82) is 0 Å². The number of hydrogen-bond donors (Lipinski definition) is 0. The summed E-state index contributed by atoms with van der Waals surface area (Å²) in [6, 6.07) is 10.1. The number of piperidine rings is 1. The van der Waals surface area contributed by atoms with Gasteiger partial charge in [0.05, 0.1) is 0 Å². The quantitative estimate of drug-likeness (QED) is 0.595. The number of carbonyl (C=O) groups excluding carboxylic acids is 3. The van der Waals surface area contributed by atoms with Gasteiger partial charge in [-0.3, -0.25) is 9.59 Å². The first-order valence-electron chi connectivity index (χ1n) is 9.10. The fourth-order valence-corrected chi connectivity index (χ4v) is 3.02. The Hall–Kier alpha value is -2.89. The van der Waals surface area contributed by atoms with Crippen molar-refractivity contribution >= 4 is 17.7 Å². The first-order valence-corrected chi connectivity index (χ1v) is 9.10. The molecule has 3 rings (SSSR count). The van der Waals surface area contributed by atoms with Crippen LogP contribution in [0.4, 0.5) is 0 Å². The highest BCUT2D eigenvalue weighted by molar-refractivity contribution is 5.94. The summed E-state index contributed by atoms with van der Waals surface area (Å²) in [7, 11) is 0. The first-order chi connectivity index (χ1) is 12.9.